The van der Waals surface area contributed by atoms with Gasteiger partial charge in [0, 0.05) is 22.0 Å². The standard InChI is InChI=1S/C30H38N4O4/c1-29(2,3)25-23(35-7)21-17-37-14-9-10-15-38-18-22-24(36-8)26(30(4,5)6)34-28(32-22)20-13-11-12-19(16-20)27(31-21)33-25/h9-13,16H,14-15,17-18H2,1-8H3/b10-9+. The third-order valence-corrected chi connectivity index (χ3v) is 6.15. The van der Waals surface area contributed by atoms with Crippen LogP contribution in [0.3, 0.4) is 0 Å². The molecular formula is C30H38N4O4. The van der Waals surface area contributed by atoms with Gasteiger partial charge in [0.1, 0.15) is 11.4 Å². The van der Waals surface area contributed by atoms with Crippen LogP contribution in [0.15, 0.2) is 36.4 Å². The molecule has 0 saturated heterocycles. The molecule has 4 rings (SSSR count). The van der Waals surface area contributed by atoms with Crippen molar-refractivity contribution in [2.45, 2.75) is 65.6 Å². The fourth-order valence-corrected chi connectivity index (χ4v) is 4.27. The third kappa shape index (κ3) is 6.03. The van der Waals surface area contributed by atoms with Gasteiger partial charge in [-0.25, -0.2) is 19.9 Å². The summed E-state index contributed by atoms with van der Waals surface area (Å²) in [6, 6.07) is 8.00. The van der Waals surface area contributed by atoms with Crippen LogP contribution in [-0.2, 0) is 33.5 Å². The largest absolute Gasteiger partial charge is 0.493 e. The summed E-state index contributed by atoms with van der Waals surface area (Å²) < 4.78 is 23.4. The van der Waals surface area contributed by atoms with Gasteiger partial charge in [0.15, 0.2) is 23.1 Å². The van der Waals surface area contributed by atoms with E-state index < -0.39 is 0 Å². The van der Waals surface area contributed by atoms with E-state index in [4.69, 9.17) is 38.9 Å². The Morgan fingerprint density at radius 1 is 0.658 bits per heavy atom. The highest BCUT2D eigenvalue weighted by Crippen LogP contribution is 2.36. The monoisotopic (exact) mass is 518 g/mol. The van der Waals surface area contributed by atoms with Crippen LogP contribution < -0.4 is 9.47 Å². The van der Waals surface area contributed by atoms with E-state index >= 15 is 0 Å². The number of methoxy groups -OCH3 is 2. The molecule has 8 nitrogen and oxygen atoms in total. The number of hydrogen-bond acceptors (Lipinski definition) is 8. The van der Waals surface area contributed by atoms with Crippen molar-refractivity contribution in [3.63, 3.8) is 0 Å². The summed E-state index contributed by atoms with van der Waals surface area (Å²) in [5.74, 6) is 2.51. The van der Waals surface area contributed by atoms with E-state index in [2.05, 4.69) is 41.5 Å². The van der Waals surface area contributed by atoms with Crippen molar-refractivity contribution >= 4 is 0 Å². The zero-order valence-electron chi connectivity index (χ0n) is 23.7. The third-order valence-electron chi connectivity index (χ3n) is 6.15. The molecule has 0 saturated carbocycles. The number of hydrogen-bond donors (Lipinski definition) is 0. The molecule has 3 heterocycles. The van der Waals surface area contributed by atoms with Crippen LogP contribution in [0.2, 0.25) is 0 Å². The van der Waals surface area contributed by atoms with Gasteiger partial charge in [0.05, 0.1) is 52.0 Å². The number of aromatic nitrogens is 4. The number of rotatable bonds is 2. The molecule has 0 atom stereocenters. The lowest BCUT2D eigenvalue weighted by atomic mass is 9.90. The summed E-state index contributed by atoms with van der Waals surface area (Å²) in [6.07, 6.45) is 3.87. The zero-order valence-corrected chi connectivity index (χ0v) is 23.7. The normalized spacial score (nSPS) is 15.5. The minimum atomic E-state index is -0.263. The average Bonchev–Trinajstić information content (AvgIpc) is 2.87. The maximum absolute atomic E-state index is 5.94. The fraction of sp³-hybridized carbons (Fsp3) is 0.467. The summed E-state index contributed by atoms with van der Waals surface area (Å²) >= 11 is 0. The van der Waals surface area contributed by atoms with Crippen LogP contribution in [0, 0.1) is 0 Å². The molecule has 0 aliphatic carbocycles. The molecule has 0 amide bonds. The number of ether oxygens (including phenoxy) is 4. The first-order valence-electron chi connectivity index (χ1n) is 12.8. The van der Waals surface area contributed by atoms with Crippen LogP contribution in [-0.4, -0.2) is 47.4 Å². The molecule has 1 aromatic carbocycles. The van der Waals surface area contributed by atoms with Gasteiger partial charge >= 0.3 is 0 Å². The van der Waals surface area contributed by atoms with Crippen molar-refractivity contribution in [3.8, 4) is 34.3 Å². The molecule has 6 bridgehead atoms. The first-order valence-corrected chi connectivity index (χ1v) is 12.8. The Balaban J connectivity index is 1.95. The SMILES string of the molecule is COc1c2nc(nc1C(C)(C)C)-c1cccc(c1)-c1nc(c(OC)c(C(C)(C)C)n1)COC/C=C/COC2. The van der Waals surface area contributed by atoms with Gasteiger partial charge in [0.2, 0.25) is 0 Å². The highest BCUT2D eigenvalue weighted by molar-refractivity contribution is 5.67. The van der Waals surface area contributed by atoms with Crippen molar-refractivity contribution in [1.82, 2.24) is 19.9 Å². The van der Waals surface area contributed by atoms with Crippen LogP contribution in [0.4, 0.5) is 0 Å². The molecule has 0 radical (unpaired) electrons. The first-order chi connectivity index (χ1) is 18.0. The predicted molar refractivity (Wildman–Crippen MR) is 147 cm³/mol. The Morgan fingerprint density at radius 3 is 1.45 bits per heavy atom. The molecule has 8 heteroatoms. The first kappa shape index (κ1) is 27.7. The molecule has 3 aromatic rings. The lowest BCUT2D eigenvalue weighted by molar-refractivity contribution is 0.134. The second-order valence-corrected chi connectivity index (χ2v) is 11.3. The van der Waals surface area contributed by atoms with Crippen molar-refractivity contribution < 1.29 is 18.9 Å². The van der Waals surface area contributed by atoms with E-state index in [9.17, 15) is 0 Å². The van der Waals surface area contributed by atoms with Crippen molar-refractivity contribution in [3.05, 3.63) is 59.2 Å². The summed E-state index contributed by atoms with van der Waals surface area (Å²) in [5.41, 5.74) is 4.26. The smallest absolute Gasteiger partial charge is 0.164 e. The second kappa shape index (κ2) is 11.2. The van der Waals surface area contributed by atoms with Gasteiger partial charge in [-0.2, -0.15) is 0 Å². The van der Waals surface area contributed by atoms with Gasteiger partial charge in [0.25, 0.3) is 0 Å². The van der Waals surface area contributed by atoms with Crippen LogP contribution in [0.1, 0.15) is 64.3 Å². The minimum absolute atomic E-state index is 0.263. The van der Waals surface area contributed by atoms with Gasteiger partial charge in [-0.15, -0.1) is 0 Å². The Hall–Kier alpha value is -3.36. The molecule has 0 N–H and O–H groups in total. The zero-order chi connectivity index (χ0) is 27.5. The van der Waals surface area contributed by atoms with Crippen LogP contribution in [0.5, 0.6) is 11.5 Å². The predicted octanol–water partition coefficient (Wildman–Crippen LogP) is 5.82. The molecule has 1 aliphatic heterocycles. The summed E-state index contributed by atoms with van der Waals surface area (Å²) in [5, 5.41) is 0. The van der Waals surface area contributed by atoms with Gasteiger partial charge < -0.3 is 18.9 Å². The number of fused-ring (bicyclic) bond motifs is 8. The minimum Gasteiger partial charge on any atom is -0.493 e. The van der Waals surface area contributed by atoms with Crippen molar-refractivity contribution in [2.75, 3.05) is 27.4 Å². The Labute approximate surface area is 225 Å². The molecule has 38 heavy (non-hydrogen) atoms. The lowest BCUT2D eigenvalue weighted by Crippen LogP contribution is -2.19. The van der Waals surface area contributed by atoms with E-state index in [1.165, 1.54) is 0 Å². The highest BCUT2D eigenvalue weighted by atomic mass is 16.5. The summed E-state index contributed by atoms with van der Waals surface area (Å²) in [7, 11) is 3.30. The Kier molecular flexibility index (Phi) is 8.13. The number of benzene rings is 1. The highest BCUT2D eigenvalue weighted by Gasteiger charge is 2.28. The van der Waals surface area contributed by atoms with Gasteiger partial charge in [-0.05, 0) is 6.07 Å². The van der Waals surface area contributed by atoms with E-state index in [0.717, 1.165) is 22.5 Å². The lowest BCUT2D eigenvalue weighted by Gasteiger charge is -2.24. The Bertz CT molecular complexity index is 1230. The maximum Gasteiger partial charge on any atom is 0.164 e. The van der Waals surface area contributed by atoms with E-state index in [0.29, 0.717) is 61.0 Å². The average molecular weight is 519 g/mol. The fourth-order valence-electron chi connectivity index (χ4n) is 4.27. The molecule has 0 unspecified atom stereocenters. The van der Waals surface area contributed by atoms with Crippen molar-refractivity contribution in [1.29, 1.82) is 0 Å². The summed E-state index contributed by atoms with van der Waals surface area (Å²) in [4.78, 5) is 19.7. The van der Waals surface area contributed by atoms with Gasteiger partial charge in [-0.1, -0.05) is 71.9 Å². The van der Waals surface area contributed by atoms with E-state index in [-0.39, 0.29) is 10.8 Å². The quantitative estimate of drug-likeness (QED) is 0.393. The number of nitrogens with zero attached hydrogens (tertiary/aromatic N) is 4. The Morgan fingerprint density at radius 2 is 1.08 bits per heavy atom. The van der Waals surface area contributed by atoms with Crippen molar-refractivity contribution in [2.24, 2.45) is 0 Å². The van der Waals surface area contributed by atoms with Crippen LogP contribution >= 0.6 is 0 Å². The summed E-state index contributed by atoms with van der Waals surface area (Å²) in [6.45, 7) is 14.1. The molecule has 1 aliphatic rings. The molecule has 0 spiro atoms. The molecule has 0 fully saturated rings. The molecule has 2 aromatic heterocycles. The molecule has 202 valence electrons. The van der Waals surface area contributed by atoms with E-state index in [1.54, 1.807) is 14.2 Å². The van der Waals surface area contributed by atoms with Gasteiger partial charge in [-0.3, -0.25) is 0 Å². The topological polar surface area (TPSA) is 88.5 Å². The maximum atomic E-state index is 5.94. The molecular weight excluding hydrogens is 480 g/mol. The van der Waals surface area contributed by atoms with E-state index in [1.807, 2.05) is 36.4 Å². The van der Waals surface area contributed by atoms with Crippen LogP contribution in [0.25, 0.3) is 22.8 Å². The second-order valence-electron chi connectivity index (χ2n) is 11.3.